The molecule has 0 bridgehead atoms. The fraction of sp³-hybridized carbons (Fsp3) is 0.375. The fourth-order valence-corrected chi connectivity index (χ4v) is 2.08. The van der Waals surface area contributed by atoms with Crippen molar-refractivity contribution in [1.82, 2.24) is 9.97 Å². The van der Waals surface area contributed by atoms with Crippen molar-refractivity contribution in [3.05, 3.63) is 35.5 Å². The summed E-state index contributed by atoms with van der Waals surface area (Å²) in [6, 6.07) is 7.68. The molecule has 2 rings (SSSR count). The van der Waals surface area contributed by atoms with Gasteiger partial charge >= 0.3 is 0 Å². The fourth-order valence-electron chi connectivity index (χ4n) is 2.08. The highest BCUT2D eigenvalue weighted by molar-refractivity contribution is 5.43. The van der Waals surface area contributed by atoms with E-state index in [4.69, 9.17) is 14.2 Å². The SMILES string of the molecule is COc1cc(C)nc(NCCc2ccc(OC)c(OC)c2)n1. The first-order valence-corrected chi connectivity index (χ1v) is 7.00. The van der Waals surface area contributed by atoms with Crippen LogP contribution in [0, 0.1) is 6.92 Å². The third-order valence-electron chi connectivity index (χ3n) is 3.18. The largest absolute Gasteiger partial charge is 0.493 e. The van der Waals surface area contributed by atoms with Gasteiger partial charge in [0, 0.05) is 18.3 Å². The number of hydrogen-bond acceptors (Lipinski definition) is 6. The quantitative estimate of drug-likeness (QED) is 0.847. The van der Waals surface area contributed by atoms with Crippen LogP contribution in [0.2, 0.25) is 0 Å². The van der Waals surface area contributed by atoms with E-state index in [-0.39, 0.29) is 0 Å². The minimum atomic E-state index is 0.557. The molecule has 118 valence electrons. The molecule has 0 fully saturated rings. The summed E-state index contributed by atoms with van der Waals surface area (Å²) in [5.74, 6) is 2.58. The molecule has 0 aliphatic rings. The summed E-state index contributed by atoms with van der Waals surface area (Å²) in [6.45, 7) is 2.62. The van der Waals surface area contributed by atoms with Crippen LogP contribution in [0.4, 0.5) is 5.95 Å². The smallest absolute Gasteiger partial charge is 0.226 e. The van der Waals surface area contributed by atoms with Gasteiger partial charge in [0.2, 0.25) is 11.8 Å². The molecule has 1 heterocycles. The van der Waals surface area contributed by atoms with Crippen LogP contribution < -0.4 is 19.5 Å². The summed E-state index contributed by atoms with van der Waals surface area (Å²) < 4.78 is 15.7. The van der Waals surface area contributed by atoms with Crippen molar-refractivity contribution in [2.24, 2.45) is 0 Å². The van der Waals surface area contributed by atoms with Crippen LogP contribution in [0.5, 0.6) is 17.4 Å². The lowest BCUT2D eigenvalue weighted by Gasteiger charge is -2.10. The number of aryl methyl sites for hydroxylation is 1. The van der Waals surface area contributed by atoms with Crippen LogP contribution in [0.1, 0.15) is 11.3 Å². The van der Waals surface area contributed by atoms with Crippen molar-refractivity contribution in [3.8, 4) is 17.4 Å². The highest BCUT2D eigenvalue weighted by atomic mass is 16.5. The van der Waals surface area contributed by atoms with Gasteiger partial charge in [0.05, 0.1) is 21.3 Å². The van der Waals surface area contributed by atoms with Crippen LogP contribution in [0.3, 0.4) is 0 Å². The minimum absolute atomic E-state index is 0.557. The summed E-state index contributed by atoms with van der Waals surface area (Å²) >= 11 is 0. The zero-order valence-electron chi connectivity index (χ0n) is 13.3. The predicted octanol–water partition coefficient (Wildman–Crippen LogP) is 2.47. The number of rotatable bonds is 7. The molecule has 0 spiro atoms. The average molecular weight is 303 g/mol. The Morgan fingerprint density at radius 3 is 2.41 bits per heavy atom. The summed E-state index contributed by atoms with van der Waals surface area (Å²) in [5.41, 5.74) is 2.00. The van der Waals surface area contributed by atoms with Crippen molar-refractivity contribution in [2.45, 2.75) is 13.3 Å². The van der Waals surface area contributed by atoms with Crippen LogP contribution in [-0.2, 0) is 6.42 Å². The Balaban J connectivity index is 1.97. The lowest BCUT2D eigenvalue weighted by atomic mass is 10.1. The van der Waals surface area contributed by atoms with Crippen molar-refractivity contribution in [3.63, 3.8) is 0 Å². The van der Waals surface area contributed by atoms with E-state index in [0.717, 1.165) is 29.2 Å². The molecule has 0 unspecified atom stereocenters. The second-order valence-corrected chi connectivity index (χ2v) is 4.74. The summed E-state index contributed by atoms with van der Waals surface area (Å²) in [7, 11) is 4.85. The van der Waals surface area contributed by atoms with Crippen LogP contribution >= 0.6 is 0 Å². The Labute approximate surface area is 130 Å². The predicted molar refractivity (Wildman–Crippen MR) is 85.1 cm³/mol. The van der Waals surface area contributed by atoms with E-state index in [2.05, 4.69) is 15.3 Å². The van der Waals surface area contributed by atoms with Gasteiger partial charge in [0.15, 0.2) is 11.5 Å². The molecular weight excluding hydrogens is 282 g/mol. The second-order valence-electron chi connectivity index (χ2n) is 4.74. The van der Waals surface area contributed by atoms with E-state index in [9.17, 15) is 0 Å². The van der Waals surface area contributed by atoms with Crippen LogP contribution in [-0.4, -0.2) is 37.8 Å². The number of hydrogen-bond donors (Lipinski definition) is 1. The molecule has 0 saturated heterocycles. The van der Waals surface area contributed by atoms with Gasteiger partial charge < -0.3 is 19.5 Å². The number of ether oxygens (including phenoxy) is 3. The van der Waals surface area contributed by atoms with E-state index < -0.39 is 0 Å². The minimum Gasteiger partial charge on any atom is -0.493 e. The van der Waals surface area contributed by atoms with E-state index in [0.29, 0.717) is 18.4 Å². The third kappa shape index (κ3) is 4.00. The molecule has 1 aromatic heterocycles. The third-order valence-corrected chi connectivity index (χ3v) is 3.18. The van der Waals surface area contributed by atoms with E-state index in [1.54, 1.807) is 27.4 Å². The summed E-state index contributed by atoms with van der Waals surface area (Å²) in [5, 5.41) is 3.20. The molecular formula is C16H21N3O3. The molecule has 2 aromatic rings. The lowest BCUT2D eigenvalue weighted by molar-refractivity contribution is 0.354. The summed E-state index contributed by atoms with van der Waals surface area (Å²) in [6.07, 6.45) is 0.819. The van der Waals surface area contributed by atoms with Crippen molar-refractivity contribution in [2.75, 3.05) is 33.2 Å². The second kappa shape index (κ2) is 7.49. The zero-order chi connectivity index (χ0) is 15.9. The average Bonchev–Trinajstić information content (AvgIpc) is 2.54. The molecule has 0 amide bonds. The van der Waals surface area contributed by atoms with Gasteiger partial charge in [-0.05, 0) is 31.0 Å². The van der Waals surface area contributed by atoms with Gasteiger partial charge in [-0.3, -0.25) is 0 Å². The van der Waals surface area contributed by atoms with E-state index in [1.807, 2.05) is 25.1 Å². The Bertz CT molecular complexity index is 632. The first-order valence-electron chi connectivity index (χ1n) is 7.00. The van der Waals surface area contributed by atoms with Gasteiger partial charge in [-0.1, -0.05) is 6.07 Å². The first kappa shape index (κ1) is 15.9. The molecule has 1 aromatic carbocycles. The van der Waals surface area contributed by atoms with Gasteiger partial charge in [-0.25, -0.2) is 4.98 Å². The van der Waals surface area contributed by atoms with Gasteiger partial charge in [0.25, 0.3) is 0 Å². The topological polar surface area (TPSA) is 65.5 Å². The molecule has 0 aliphatic carbocycles. The van der Waals surface area contributed by atoms with E-state index >= 15 is 0 Å². The van der Waals surface area contributed by atoms with Crippen LogP contribution in [0.25, 0.3) is 0 Å². The maximum atomic E-state index is 5.30. The molecule has 6 nitrogen and oxygen atoms in total. The van der Waals surface area contributed by atoms with Gasteiger partial charge in [0.1, 0.15) is 0 Å². The number of anilines is 1. The number of nitrogens with one attached hydrogen (secondary N) is 1. The molecule has 0 aliphatic heterocycles. The number of benzene rings is 1. The molecule has 0 atom stereocenters. The Hall–Kier alpha value is -2.50. The summed E-state index contributed by atoms with van der Waals surface area (Å²) in [4.78, 5) is 8.58. The van der Waals surface area contributed by atoms with Gasteiger partial charge in [-0.2, -0.15) is 4.98 Å². The molecule has 0 saturated carbocycles. The standard InChI is InChI=1S/C16H21N3O3/c1-11-9-15(22-4)19-16(18-11)17-8-7-12-5-6-13(20-2)14(10-12)21-3/h5-6,9-10H,7-8H2,1-4H3,(H,17,18,19). The maximum Gasteiger partial charge on any atom is 0.226 e. The first-order chi connectivity index (χ1) is 10.7. The Kier molecular flexibility index (Phi) is 5.41. The normalized spacial score (nSPS) is 10.2. The molecule has 0 radical (unpaired) electrons. The molecule has 22 heavy (non-hydrogen) atoms. The Morgan fingerprint density at radius 2 is 1.73 bits per heavy atom. The van der Waals surface area contributed by atoms with Gasteiger partial charge in [-0.15, -0.1) is 0 Å². The zero-order valence-corrected chi connectivity index (χ0v) is 13.3. The number of methoxy groups -OCH3 is 3. The molecule has 6 heteroatoms. The Morgan fingerprint density at radius 1 is 0.955 bits per heavy atom. The molecule has 1 N–H and O–H groups in total. The van der Waals surface area contributed by atoms with Crippen molar-refractivity contribution >= 4 is 5.95 Å². The maximum absolute atomic E-state index is 5.30. The highest BCUT2D eigenvalue weighted by Crippen LogP contribution is 2.27. The number of aromatic nitrogens is 2. The van der Waals surface area contributed by atoms with E-state index in [1.165, 1.54) is 0 Å². The van der Waals surface area contributed by atoms with Crippen molar-refractivity contribution in [1.29, 1.82) is 0 Å². The van der Waals surface area contributed by atoms with Crippen molar-refractivity contribution < 1.29 is 14.2 Å². The van der Waals surface area contributed by atoms with Crippen LogP contribution in [0.15, 0.2) is 24.3 Å². The highest BCUT2D eigenvalue weighted by Gasteiger charge is 2.05. The number of nitrogens with zero attached hydrogens (tertiary/aromatic N) is 2. The monoisotopic (exact) mass is 303 g/mol. The lowest BCUT2D eigenvalue weighted by Crippen LogP contribution is -2.09.